The molecule has 1 aromatic heterocycles. The summed E-state index contributed by atoms with van der Waals surface area (Å²) in [5.74, 6) is 0.810. The van der Waals surface area contributed by atoms with E-state index in [1.54, 1.807) is 0 Å². The van der Waals surface area contributed by atoms with Crippen LogP contribution in [0.5, 0.6) is 0 Å². The lowest BCUT2D eigenvalue weighted by molar-refractivity contribution is 0.451. The van der Waals surface area contributed by atoms with Crippen molar-refractivity contribution >= 4 is 11.3 Å². The molecule has 17 heavy (non-hydrogen) atoms. The first-order valence-electron chi connectivity index (χ1n) is 6.79. The van der Waals surface area contributed by atoms with Gasteiger partial charge in [0.1, 0.15) is 0 Å². The second-order valence-corrected chi connectivity index (χ2v) is 6.38. The fourth-order valence-electron chi connectivity index (χ4n) is 1.93. The van der Waals surface area contributed by atoms with Crippen LogP contribution in [0.15, 0.2) is 6.20 Å². The molecule has 0 saturated heterocycles. The highest BCUT2D eigenvalue weighted by Gasteiger charge is 2.13. The molecule has 1 heterocycles. The molecular weight excluding hydrogens is 228 g/mol. The molecule has 0 spiro atoms. The third kappa shape index (κ3) is 5.64. The summed E-state index contributed by atoms with van der Waals surface area (Å²) in [6.45, 7) is 10.00. The third-order valence-corrected chi connectivity index (χ3v) is 3.92. The average Bonchev–Trinajstić information content (AvgIpc) is 2.69. The van der Waals surface area contributed by atoms with Gasteiger partial charge in [-0.2, -0.15) is 0 Å². The molecule has 98 valence electrons. The van der Waals surface area contributed by atoms with E-state index >= 15 is 0 Å². The summed E-state index contributed by atoms with van der Waals surface area (Å²) >= 11 is 1.83. The molecule has 0 bridgehead atoms. The number of nitrogens with one attached hydrogen (secondary N) is 1. The minimum Gasteiger partial charge on any atom is -0.309 e. The molecule has 0 aromatic carbocycles. The molecule has 0 radical (unpaired) electrons. The maximum Gasteiger partial charge on any atom is 0.0897 e. The molecule has 1 rings (SSSR count). The van der Waals surface area contributed by atoms with Gasteiger partial charge < -0.3 is 5.32 Å². The monoisotopic (exact) mass is 254 g/mol. The van der Waals surface area contributed by atoms with Crippen LogP contribution in [0.1, 0.15) is 62.4 Å². The molecule has 1 atom stereocenters. The first kappa shape index (κ1) is 14.7. The highest BCUT2D eigenvalue weighted by molar-refractivity contribution is 7.11. The molecular formula is C14H26N2S. The number of nitrogens with zero attached hydrogens (tertiary/aromatic N) is 1. The molecule has 0 saturated carbocycles. The Morgan fingerprint density at radius 3 is 2.65 bits per heavy atom. The maximum absolute atomic E-state index is 4.37. The normalized spacial score (nSPS) is 13.2. The van der Waals surface area contributed by atoms with Crippen molar-refractivity contribution in [3.8, 4) is 0 Å². The SMILES string of the molecule is CCCNC(CCCC(C)C)c1cnc(C)s1. The molecule has 1 aromatic rings. The van der Waals surface area contributed by atoms with Crippen LogP contribution in [-0.4, -0.2) is 11.5 Å². The zero-order chi connectivity index (χ0) is 12.7. The Morgan fingerprint density at radius 1 is 1.35 bits per heavy atom. The van der Waals surface area contributed by atoms with Gasteiger partial charge in [-0.1, -0.05) is 33.6 Å². The van der Waals surface area contributed by atoms with E-state index in [1.165, 1.54) is 35.6 Å². The number of rotatable bonds is 8. The lowest BCUT2D eigenvalue weighted by Crippen LogP contribution is -2.21. The fraction of sp³-hybridized carbons (Fsp3) is 0.786. The summed E-state index contributed by atoms with van der Waals surface area (Å²) in [5, 5.41) is 4.82. The molecule has 1 N–H and O–H groups in total. The Morgan fingerprint density at radius 2 is 2.12 bits per heavy atom. The van der Waals surface area contributed by atoms with Crippen molar-refractivity contribution in [3.05, 3.63) is 16.1 Å². The summed E-state index contributed by atoms with van der Waals surface area (Å²) in [5.41, 5.74) is 0. The second kappa shape index (κ2) is 7.83. The van der Waals surface area contributed by atoms with E-state index in [9.17, 15) is 0 Å². The summed E-state index contributed by atoms with van der Waals surface area (Å²) in [6.07, 6.45) is 7.10. The number of hydrogen-bond donors (Lipinski definition) is 1. The van der Waals surface area contributed by atoms with E-state index in [4.69, 9.17) is 0 Å². The summed E-state index contributed by atoms with van der Waals surface area (Å²) in [6, 6.07) is 0.514. The van der Waals surface area contributed by atoms with Crippen LogP contribution in [0.2, 0.25) is 0 Å². The summed E-state index contributed by atoms with van der Waals surface area (Å²) in [7, 11) is 0. The van der Waals surface area contributed by atoms with Gasteiger partial charge in [0.25, 0.3) is 0 Å². The minimum absolute atomic E-state index is 0.514. The van der Waals surface area contributed by atoms with Crippen molar-refractivity contribution in [1.29, 1.82) is 0 Å². The Labute approximate surface area is 110 Å². The van der Waals surface area contributed by atoms with Crippen molar-refractivity contribution in [2.45, 2.75) is 59.4 Å². The van der Waals surface area contributed by atoms with Crippen LogP contribution in [0, 0.1) is 12.8 Å². The lowest BCUT2D eigenvalue weighted by Gasteiger charge is -2.17. The van der Waals surface area contributed by atoms with Gasteiger partial charge in [-0.15, -0.1) is 11.3 Å². The van der Waals surface area contributed by atoms with Crippen LogP contribution < -0.4 is 5.32 Å². The number of aryl methyl sites for hydroxylation is 1. The highest BCUT2D eigenvalue weighted by atomic mass is 32.1. The zero-order valence-electron chi connectivity index (χ0n) is 11.6. The number of hydrogen-bond acceptors (Lipinski definition) is 3. The molecule has 0 aliphatic heterocycles. The van der Waals surface area contributed by atoms with Crippen molar-refractivity contribution in [2.75, 3.05) is 6.54 Å². The van der Waals surface area contributed by atoms with Crippen LogP contribution in [0.25, 0.3) is 0 Å². The molecule has 2 nitrogen and oxygen atoms in total. The van der Waals surface area contributed by atoms with Crippen LogP contribution >= 0.6 is 11.3 Å². The van der Waals surface area contributed by atoms with Crippen LogP contribution in [0.3, 0.4) is 0 Å². The van der Waals surface area contributed by atoms with E-state index in [2.05, 4.69) is 38.0 Å². The Kier molecular flexibility index (Phi) is 6.75. The number of aromatic nitrogens is 1. The molecule has 0 aliphatic rings. The minimum atomic E-state index is 0.514. The predicted molar refractivity (Wildman–Crippen MR) is 76.6 cm³/mol. The van der Waals surface area contributed by atoms with Crippen molar-refractivity contribution < 1.29 is 0 Å². The first-order chi connectivity index (χ1) is 8.13. The summed E-state index contributed by atoms with van der Waals surface area (Å²) < 4.78 is 0. The quantitative estimate of drug-likeness (QED) is 0.747. The van der Waals surface area contributed by atoms with Gasteiger partial charge in [0.15, 0.2) is 0 Å². The summed E-state index contributed by atoms with van der Waals surface area (Å²) in [4.78, 5) is 5.77. The highest BCUT2D eigenvalue weighted by Crippen LogP contribution is 2.25. The van der Waals surface area contributed by atoms with Gasteiger partial charge in [0.05, 0.1) is 5.01 Å². The average molecular weight is 254 g/mol. The molecule has 0 aliphatic carbocycles. The third-order valence-electron chi connectivity index (χ3n) is 2.90. The second-order valence-electron chi connectivity index (χ2n) is 5.11. The van der Waals surface area contributed by atoms with E-state index in [-0.39, 0.29) is 0 Å². The van der Waals surface area contributed by atoms with Crippen molar-refractivity contribution in [1.82, 2.24) is 10.3 Å². The van der Waals surface area contributed by atoms with Crippen molar-refractivity contribution in [2.24, 2.45) is 5.92 Å². The Balaban J connectivity index is 2.48. The van der Waals surface area contributed by atoms with Gasteiger partial charge in [-0.25, -0.2) is 4.98 Å². The Hall–Kier alpha value is -0.410. The molecule has 3 heteroatoms. The van der Waals surface area contributed by atoms with Gasteiger partial charge in [-0.3, -0.25) is 0 Å². The van der Waals surface area contributed by atoms with E-state index in [0.717, 1.165) is 12.5 Å². The van der Waals surface area contributed by atoms with Crippen LogP contribution in [0.4, 0.5) is 0 Å². The molecule has 0 amide bonds. The van der Waals surface area contributed by atoms with E-state index in [1.807, 2.05) is 17.5 Å². The largest absolute Gasteiger partial charge is 0.309 e. The van der Waals surface area contributed by atoms with Crippen LogP contribution in [-0.2, 0) is 0 Å². The maximum atomic E-state index is 4.37. The zero-order valence-corrected chi connectivity index (χ0v) is 12.4. The smallest absolute Gasteiger partial charge is 0.0897 e. The first-order valence-corrected chi connectivity index (χ1v) is 7.60. The molecule has 0 fully saturated rings. The number of thiazole rings is 1. The van der Waals surface area contributed by atoms with Crippen molar-refractivity contribution in [3.63, 3.8) is 0 Å². The van der Waals surface area contributed by atoms with Gasteiger partial charge >= 0.3 is 0 Å². The van der Waals surface area contributed by atoms with Gasteiger partial charge in [-0.05, 0) is 32.2 Å². The standard InChI is InChI=1S/C14H26N2S/c1-5-9-15-13(8-6-7-11(2)3)14-10-16-12(4)17-14/h10-11,13,15H,5-9H2,1-4H3. The Bertz CT molecular complexity index is 307. The topological polar surface area (TPSA) is 24.9 Å². The fourth-order valence-corrected chi connectivity index (χ4v) is 2.83. The van der Waals surface area contributed by atoms with E-state index in [0.29, 0.717) is 6.04 Å². The molecule has 1 unspecified atom stereocenters. The van der Waals surface area contributed by atoms with Gasteiger partial charge in [0.2, 0.25) is 0 Å². The van der Waals surface area contributed by atoms with E-state index < -0.39 is 0 Å². The lowest BCUT2D eigenvalue weighted by atomic mass is 10.0. The van der Waals surface area contributed by atoms with Gasteiger partial charge in [0, 0.05) is 17.1 Å². The predicted octanol–water partition coefficient (Wildman–Crippen LogP) is 4.32.